The van der Waals surface area contributed by atoms with Crippen LogP contribution in [0.5, 0.6) is 11.5 Å². The van der Waals surface area contributed by atoms with Crippen molar-refractivity contribution < 1.29 is 14.3 Å². The summed E-state index contributed by atoms with van der Waals surface area (Å²) in [5.41, 5.74) is 8.14. The van der Waals surface area contributed by atoms with Crippen molar-refractivity contribution in [3.63, 3.8) is 0 Å². The predicted octanol–water partition coefficient (Wildman–Crippen LogP) is 7.42. The molecule has 1 aliphatic rings. The zero-order chi connectivity index (χ0) is 29.5. The molecule has 1 aromatic carbocycles. The third-order valence-corrected chi connectivity index (χ3v) is 8.88. The van der Waals surface area contributed by atoms with Crippen LogP contribution in [0.15, 0.2) is 59.6 Å². The maximum atomic E-state index is 13.4. The minimum atomic E-state index is -0.0350. The lowest BCUT2D eigenvalue weighted by Crippen LogP contribution is -2.25. The Morgan fingerprint density at radius 1 is 1.07 bits per heavy atom. The number of pyridine rings is 1. The highest BCUT2D eigenvalue weighted by Crippen LogP contribution is 2.33. The van der Waals surface area contributed by atoms with Crippen LogP contribution in [0.2, 0.25) is 0 Å². The summed E-state index contributed by atoms with van der Waals surface area (Å²) in [6, 6.07) is 12.1. The molecule has 0 aliphatic heterocycles. The lowest BCUT2D eigenvalue weighted by atomic mass is 9.97. The Balaban J connectivity index is 1.42. The molecule has 7 nitrogen and oxygen atoms in total. The molecular weight excluding hydrogens is 544 g/mol. The van der Waals surface area contributed by atoms with Crippen molar-refractivity contribution >= 4 is 17.2 Å². The molecule has 0 bridgehead atoms. The molecule has 0 atom stereocenters. The molecule has 3 heterocycles. The molecule has 0 fully saturated rings. The van der Waals surface area contributed by atoms with Crippen molar-refractivity contribution in [3.8, 4) is 33.5 Å². The Kier molecular flexibility index (Phi) is 9.74. The summed E-state index contributed by atoms with van der Waals surface area (Å²) in [5.74, 6) is 1.38. The van der Waals surface area contributed by atoms with Gasteiger partial charge in [0.25, 0.3) is 5.91 Å². The first-order chi connectivity index (χ1) is 20.5. The fraction of sp³-hybridized carbons (Fsp3) is 0.382. The highest BCUT2D eigenvalue weighted by molar-refractivity contribution is 7.13. The quantitative estimate of drug-likeness (QED) is 0.175. The third-order valence-electron chi connectivity index (χ3n) is 7.99. The van der Waals surface area contributed by atoms with E-state index >= 15 is 0 Å². The number of hydrogen-bond donors (Lipinski definition) is 1. The van der Waals surface area contributed by atoms with Gasteiger partial charge >= 0.3 is 0 Å². The van der Waals surface area contributed by atoms with Crippen molar-refractivity contribution in [2.24, 2.45) is 0 Å². The molecule has 1 N–H and O–H groups in total. The molecule has 4 aromatic rings. The van der Waals surface area contributed by atoms with Crippen LogP contribution < -0.4 is 14.8 Å². The molecule has 5 rings (SSSR count). The standard InChI is InChI=1S/C34H40N4O3S/c1-5-27-20-26(14-17-35-27)34-37-29(22-42-34)30-21-28(33(39)36-16-13-24-9-7-6-8-10-24)23(2)38(30)18-15-25-11-12-31(40-3)32(19-25)41-4/h9,11-12,14,17,19-22H,5-8,10,13,15-16,18H2,1-4H3,(H,36,39). The van der Waals surface area contributed by atoms with E-state index in [1.807, 2.05) is 37.4 Å². The van der Waals surface area contributed by atoms with Crippen LogP contribution in [0.3, 0.4) is 0 Å². The molecular formula is C34H40N4O3S. The van der Waals surface area contributed by atoms with Gasteiger partial charge in [-0.1, -0.05) is 24.6 Å². The minimum Gasteiger partial charge on any atom is -0.493 e. The van der Waals surface area contributed by atoms with Crippen LogP contribution in [0, 0.1) is 6.92 Å². The van der Waals surface area contributed by atoms with Gasteiger partial charge < -0.3 is 19.4 Å². The molecule has 0 saturated heterocycles. The highest BCUT2D eigenvalue weighted by atomic mass is 32.1. The second kappa shape index (κ2) is 13.8. The first-order valence-electron chi connectivity index (χ1n) is 14.8. The van der Waals surface area contributed by atoms with Gasteiger partial charge in [0, 0.05) is 41.6 Å². The number of hydrogen-bond acceptors (Lipinski definition) is 6. The summed E-state index contributed by atoms with van der Waals surface area (Å²) < 4.78 is 13.2. The lowest BCUT2D eigenvalue weighted by Gasteiger charge is -2.14. The van der Waals surface area contributed by atoms with Gasteiger partial charge in [-0.15, -0.1) is 11.3 Å². The number of nitrogens with one attached hydrogen (secondary N) is 1. The molecule has 0 unspecified atom stereocenters. The van der Waals surface area contributed by atoms with Gasteiger partial charge in [-0.3, -0.25) is 9.78 Å². The van der Waals surface area contributed by atoms with Crippen LogP contribution in [-0.2, 0) is 19.4 Å². The van der Waals surface area contributed by atoms with Gasteiger partial charge in [0.05, 0.1) is 31.2 Å². The summed E-state index contributed by atoms with van der Waals surface area (Å²) in [7, 11) is 3.29. The number of benzene rings is 1. The number of rotatable bonds is 12. The van der Waals surface area contributed by atoms with E-state index in [1.54, 1.807) is 25.6 Å². The summed E-state index contributed by atoms with van der Waals surface area (Å²) in [4.78, 5) is 22.9. The number of methoxy groups -OCH3 is 2. The van der Waals surface area contributed by atoms with Crippen molar-refractivity contribution in [2.75, 3.05) is 20.8 Å². The van der Waals surface area contributed by atoms with Crippen molar-refractivity contribution in [1.82, 2.24) is 19.9 Å². The maximum Gasteiger partial charge on any atom is 0.253 e. The van der Waals surface area contributed by atoms with Gasteiger partial charge in [0.15, 0.2) is 11.5 Å². The maximum absolute atomic E-state index is 13.4. The van der Waals surface area contributed by atoms with Crippen LogP contribution in [0.1, 0.15) is 66.3 Å². The van der Waals surface area contributed by atoms with E-state index in [9.17, 15) is 4.79 Å². The average molecular weight is 585 g/mol. The number of allylic oxidation sites excluding steroid dienone is 1. The Labute approximate surface area is 252 Å². The van der Waals surface area contributed by atoms with E-state index in [2.05, 4.69) is 45.4 Å². The van der Waals surface area contributed by atoms with E-state index < -0.39 is 0 Å². The van der Waals surface area contributed by atoms with Gasteiger partial charge in [0.2, 0.25) is 0 Å². The fourth-order valence-corrected chi connectivity index (χ4v) is 6.36. The molecule has 0 saturated carbocycles. The molecule has 220 valence electrons. The minimum absolute atomic E-state index is 0.0350. The van der Waals surface area contributed by atoms with Crippen LogP contribution in [0.25, 0.3) is 22.0 Å². The molecule has 8 heteroatoms. The van der Waals surface area contributed by atoms with Crippen molar-refractivity contribution in [3.05, 3.63) is 82.1 Å². The van der Waals surface area contributed by atoms with Gasteiger partial charge in [-0.2, -0.15) is 0 Å². The Morgan fingerprint density at radius 3 is 2.69 bits per heavy atom. The molecule has 0 radical (unpaired) electrons. The van der Waals surface area contributed by atoms with Crippen molar-refractivity contribution in [1.29, 1.82) is 0 Å². The van der Waals surface area contributed by atoms with Crippen LogP contribution in [-0.4, -0.2) is 41.2 Å². The number of nitrogens with zero attached hydrogens (tertiary/aromatic N) is 3. The van der Waals surface area contributed by atoms with E-state index in [0.29, 0.717) is 30.2 Å². The Hall–Kier alpha value is -3.91. The predicted molar refractivity (Wildman–Crippen MR) is 170 cm³/mol. The molecule has 3 aromatic heterocycles. The number of amides is 1. The summed E-state index contributed by atoms with van der Waals surface area (Å²) in [6.07, 6.45) is 11.6. The molecule has 1 amide bonds. The van der Waals surface area contributed by atoms with Crippen LogP contribution in [0.4, 0.5) is 0 Å². The van der Waals surface area contributed by atoms with E-state index in [4.69, 9.17) is 14.5 Å². The van der Waals surface area contributed by atoms with Gasteiger partial charge in [-0.05, 0) is 87.8 Å². The average Bonchev–Trinajstić information content (AvgIpc) is 3.65. The van der Waals surface area contributed by atoms with E-state index in [-0.39, 0.29) is 5.91 Å². The zero-order valence-corrected chi connectivity index (χ0v) is 25.9. The number of ether oxygens (including phenoxy) is 2. The molecule has 0 spiro atoms. The summed E-state index contributed by atoms with van der Waals surface area (Å²) >= 11 is 1.61. The Bertz CT molecular complexity index is 1570. The number of aryl methyl sites for hydroxylation is 2. The largest absolute Gasteiger partial charge is 0.493 e. The SMILES string of the molecule is CCc1cc(-c2nc(-c3cc(C(=O)NCCC4=CCCCC4)c(C)n3CCc3ccc(OC)c(OC)c3)cs2)ccn1. The van der Waals surface area contributed by atoms with Crippen LogP contribution >= 0.6 is 11.3 Å². The molecule has 1 aliphatic carbocycles. The number of carbonyl (C=O) groups excluding carboxylic acids is 1. The lowest BCUT2D eigenvalue weighted by molar-refractivity contribution is 0.0953. The van der Waals surface area contributed by atoms with Gasteiger partial charge in [0.1, 0.15) is 5.01 Å². The normalized spacial score (nSPS) is 13.1. The van der Waals surface area contributed by atoms with Crippen molar-refractivity contribution in [2.45, 2.75) is 65.3 Å². The first-order valence-corrected chi connectivity index (χ1v) is 15.7. The fourth-order valence-electron chi connectivity index (χ4n) is 5.54. The number of aromatic nitrogens is 3. The molecule has 42 heavy (non-hydrogen) atoms. The Morgan fingerprint density at radius 2 is 1.93 bits per heavy atom. The smallest absolute Gasteiger partial charge is 0.253 e. The van der Waals surface area contributed by atoms with E-state index in [0.717, 1.165) is 71.0 Å². The summed E-state index contributed by atoms with van der Waals surface area (Å²) in [6.45, 7) is 5.48. The second-order valence-electron chi connectivity index (χ2n) is 10.7. The summed E-state index contributed by atoms with van der Waals surface area (Å²) in [5, 5.41) is 6.20. The van der Waals surface area contributed by atoms with E-state index in [1.165, 1.54) is 18.4 Å². The monoisotopic (exact) mass is 584 g/mol. The first kappa shape index (κ1) is 29.6. The van der Waals surface area contributed by atoms with Gasteiger partial charge in [-0.25, -0.2) is 4.98 Å². The number of carbonyl (C=O) groups is 1. The second-order valence-corrected chi connectivity index (χ2v) is 11.5. The zero-order valence-electron chi connectivity index (χ0n) is 25.0. The topological polar surface area (TPSA) is 78.3 Å². The number of thiazole rings is 1. The third kappa shape index (κ3) is 6.76. The highest BCUT2D eigenvalue weighted by Gasteiger charge is 2.21.